The number of fused-ring (bicyclic) bond motifs is 1. The first-order valence-corrected chi connectivity index (χ1v) is 11.7. The summed E-state index contributed by atoms with van der Waals surface area (Å²) >= 11 is 18.5. The van der Waals surface area contributed by atoms with Crippen LogP contribution in [0.3, 0.4) is 0 Å². The lowest BCUT2D eigenvalue weighted by Crippen LogP contribution is -2.33. The number of aliphatic carboxylic acids is 1. The van der Waals surface area contributed by atoms with E-state index in [9.17, 15) is 19.1 Å². The van der Waals surface area contributed by atoms with Gasteiger partial charge in [0.15, 0.2) is 0 Å². The van der Waals surface area contributed by atoms with Crippen LogP contribution in [0.5, 0.6) is 17.2 Å². The molecule has 1 N–H and O–H groups in total. The van der Waals surface area contributed by atoms with Crippen molar-refractivity contribution in [3.8, 4) is 17.2 Å². The van der Waals surface area contributed by atoms with Crippen molar-refractivity contribution >= 4 is 52.4 Å². The molecule has 3 aromatic carbocycles. The Morgan fingerprint density at radius 1 is 1.06 bits per heavy atom. The fourth-order valence-electron chi connectivity index (χ4n) is 3.79. The van der Waals surface area contributed by atoms with E-state index in [2.05, 4.69) is 0 Å². The predicted molar refractivity (Wildman–Crippen MR) is 133 cm³/mol. The largest absolute Gasteiger partial charge is 0.493 e. The number of alkyl halides is 1. The Balaban J connectivity index is 1.55. The molecule has 1 aliphatic heterocycles. The zero-order valence-corrected chi connectivity index (χ0v) is 20.4. The first-order chi connectivity index (χ1) is 16.8. The molecule has 3 aromatic rings. The van der Waals surface area contributed by atoms with Crippen molar-refractivity contribution in [2.24, 2.45) is 0 Å². The molecule has 1 aliphatic rings. The van der Waals surface area contributed by atoms with Gasteiger partial charge < -0.3 is 19.5 Å². The van der Waals surface area contributed by atoms with E-state index in [4.69, 9.17) is 44.3 Å². The molecule has 0 saturated carbocycles. The van der Waals surface area contributed by atoms with Crippen LogP contribution in [-0.4, -0.2) is 36.8 Å². The number of rotatable bonds is 7. The third-order valence-corrected chi connectivity index (χ3v) is 6.32. The zero-order valence-electron chi connectivity index (χ0n) is 18.1. The molecule has 0 radical (unpaired) electrons. The fourth-order valence-corrected chi connectivity index (χ4v) is 4.51. The molecule has 1 unspecified atom stereocenters. The minimum atomic E-state index is -0.943. The highest BCUT2D eigenvalue weighted by Gasteiger charge is 2.29. The zero-order chi connectivity index (χ0) is 25.1. The van der Waals surface area contributed by atoms with E-state index in [0.29, 0.717) is 39.8 Å². The average Bonchev–Trinajstić information content (AvgIpc) is 2.83. The van der Waals surface area contributed by atoms with Crippen molar-refractivity contribution in [1.82, 2.24) is 0 Å². The van der Waals surface area contributed by atoms with Crippen molar-refractivity contribution in [3.05, 3.63) is 80.8 Å². The highest BCUT2D eigenvalue weighted by atomic mass is 35.5. The molecule has 35 heavy (non-hydrogen) atoms. The number of carbonyl (C=O) groups is 2. The van der Waals surface area contributed by atoms with Crippen LogP contribution in [0.2, 0.25) is 15.1 Å². The Morgan fingerprint density at radius 3 is 2.46 bits per heavy atom. The van der Waals surface area contributed by atoms with Gasteiger partial charge in [-0.05, 0) is 55.0 Å². The molecule has 0 aromatic heterocycles. The summed E-state index contributed by atoms with van der Waals surface area (Å²) in [7, 11) is 0. The van der Waals surface area contributed by atoms with Crippen LogP contribution in [0.25, 0.3) is 0 Å². The number of ether oxygens (including phenoxy) is 2. The van der Waals surface area contributed by atoms with Crippen LogP contribution in [0, 0.1) is 0 Å². The maximum atomic E-state index is 13.2. The number of halogens is 4. The Hall–Kier alpha value is -3.00. The highest BCUT2D eigenvalue weighted by Crippen LogP contribution is 2.42. The van der Waals surface area contributed by atoms with Crippen LogP contribution >= 0.6 is 34.8 Å². The summed E-state index contributed by atoms with van der Waals surface area (Å²) in [4.78, 5) is 25.8. The summed E-state index contributed by atoms with van der Waals surface area (Å²) in [6.45, 7) is -0.664. The molecule has 0 spiro atoms. The van der Waals surface area contributed by atoms with Gasteiger partial charge in [0.05, 0.1) is 34.8 Å². The van der Waals surface area contributed by atoms with Crippen LogP contribution in [-0.2, 0) is 4.79 Å². The lowest BCUT2D eigenvalue weighted by molar-refractivity contribution is -0.139. The molecular formula is C25H19Cl3FNO5. The highest BCUT2D eigenvalue weighted by molar-refractivity contribution is 6.37. The SMILES string of the molecule is O=C(O)C1CCOc2cc(Oc3ccc(C(=O)N(CCF)c4ccc(Cl)cc4Cl)cc3)c(Cl)cc21. The number of carboxylic acid groups (broad SMARTS) is 1. The predicted octanol–water partition coefficient (Wildman–Crippen LogP) is 7.01. The van der Waals surface area contributed by atoms with Crippen LogP contribution in [0.4, 0.5) is 10.1 Å². The summed E-state index contributed by atoms with van der Waals surface area (Å²) in [5.41, 5.74) is 1.14. The van der Waals surface area contributed by atoms with Gasteiger partial charge in [0, 0.05) is 22.2 Å². The summed E-state index contributed by atoms with van der Waals surface area (Å²) in [5.74, 6) is -1.02. The number of carboxylic acids is 1. The average molecular weight is 539 g/mol. The van der Waals surface area contributed by atoms with E-state index in [1.807, 2.05) is 0 Å². The standard InChI is InChI=1S/C25H19Cl3FNO5/c26-15-3-6-21(19(27)11-15)30(9-8-29)24(31)14-1-4-16(5-2-14)35-23-13-22-18(12-20(23)28)17(25(32)33)7-10-34-22/h1-6,11-13,17H,7-10H2,(H,32,33). The summed E-state index contributed by atoms with van der Waals surface area (Å²) in [6, 6.07) is 13.9. The lowest BCUT2D eigenvalue weighted by atomic mass is 9.93. The van der Waals surface area contributed by atoms with Gasteiger partial charge in [-0.25, -0.2) is 4.39 Å². The monoisotopic (exact) mass is 537 g/mol. The Kier molecular flexibility index (Phi) is 7.69. The van der Waals surface area contributed by atoms with Crippen LogP contribution in [0.15, 0.2) is 54.6 Å². The smallest absolute Gasteiger partial charge is 0.311 e. The molecule has 1 amide bonds. The molecule has 4 rings (SSSR count). The molecule has 182 valence electrons. The number of carbonyl (C=O) groups excluding carboxylic acids is 1. The van der Waals surface area contributed by atoms with Crippen molar-refractivity contribution in [1.29, 1.82) is 0 Å². The van der Waals surface area contributed by atoms with Gasteiger partial charge >= 0.3 is 5.97 Å². The van der Waals surface area contributed by atoms with Crippen LogP contribution < -0.4 is 14.4 Å². The van der Waals surface area contributed by atoms with E-state index < -0.39 is 24.5 Å². The second kappa shape index (κ2) is 10.7. The van der Waals surface area contributed by atoms with Crippen molar-refractivity contribution in [3.63, 3.8) is 0 Å². The van der Waals surface area contributed by atoms with Gasteiger partial charge in [-0.2, -0.15) is 0 Å². The molecule has 0 saturated heterocycles. The van der Waals surface area contributed by atoms with Gasteiger partial charge in [0.25, 0.3) is 5.91 Å². The van der Waals surface area contributed by atoms with E-state index in [-0.39, 0.29) is 28.9 Å². The van der Waals surface area contributed by atoms with Gasteiger partial charge in [0.1, 0.15) is 23.9 Å². The van der Waals surface area contributed by atoms with Gasteiger partial charge in [0.2, 0.25) is 0 Å². The van der Waals surface area contributed by atoms with Crippen molar-refractivity contribution in [2.45, 2.75) is 12.3 Å². The van der Waals surface area contributed by atoms with E-state index >= 15 is 0 Å². The summed E-state index contributed by atoms with van der Waals surface area (Å²) < 4.78 is 24.7. The molecule has 1 atom stereocenters. The number of benzene rings is 3. The number of hydrogen-bond acceptors (Lipinski definition) is 4. The molecular weight excluding hydrogens is 520 g/mol. The lowest BCUT2D eigenvalue weighted by Gasteiger charge is -2.24. The Bertz CT molecular complexity index is 1270. The minimum Gasteiger partial charge on any atom is -0.493 e. The van der Waals surface area contributed by atoms with Crippen molar-refractivity contribution in [2.75, 3.05) is 24.7 Å². The number of anilines is 1. The van der Waals surface area contributed by atoms with Gasteiger partial charge in [-0.1, -0.05) is 34.8 Å². The minimum absolute atomic E-state index is 0.180. The summed E-state index contributed by atoms with van der Waals surface area (Å²) in [6.07, 6.45) is 0.356. The quantitative estimate of drug-likeness (QED) is 0.350. The number of hydrogen-bond donors (Lipinski definition) is 1. The fraction of sp³-hybridized carbons (Fsp3) is 0.200. The Labute approximate surface area is 215 Å². The van der Waals surface area contributed by atoms with Crippen molar-refractivity contribution < 1.29 is 28.6 Å². The van der Waals surface area contributed by atoms with E-state index in [1.54, 1.807) is 30.3 Å². The van der Waals surface area contributed by atoms with Gasteiger partial charge in [-0.3, -0.25) is 9.59 Å². The third kappa shape index (κ3) is 5.48. The Morgan fingerprint density at radius 2 is 1.80 bits per heavy atom. The van der Waals surface area contributed by atoms with E-state index in [1.165, 1.54) is 29.2 Å². The maximum absolute atomic E-state index is 13.2. The molecule has 0 aliphatic carbocycles. The normalized spacial score (nSPS) is 14.6. The maximum Gasteiger partial charge on any atom is 0.311 e. The second-order valence-electron chi connectivity index (χ2n) is 7.72. The molecule has 1 heterocycles. The first-order valence-electron chi connectivity index (χ1n) is 10.6. The van der Waals surface area contributed by atoms with E-state index in [0.717, 1.165) is 0 Å². The first kappa shape index (κ1) is 25.1. The topological polar surface area (TPSA) is 76.1 Å². The molecule has 0 fully saturated rings. The van der Waals surface area contributed by atoms with Gasteiger partial charge in [-0.15, -0.1) is 0 Å². The number of nitrogens with zero attached hydrogens (tertiary/aromatic N) is 1. The molecule has 0 bridgehead atoms. The van der Waals surface area contributed by atoms with Crippen LogP contribution in [0.1, 0.15) is 28.3 Å². The molecule has 10 heteroatoms. The second-order valence-corrected chi connectivity index (χ2v) is 8.97. The number of amides is 1. The third-order valence-electron chi connectivity index (χ3n) is 5.48. The summed E-state index contributed by atoms with van der Waals surface area (Å²) in [5, 5.41) is 10.3. The molecule has 6 nitrogen and oxygen atoms in total.